The molecule has 7 heteroatoms. The number of hydrogen-bond acceptors (Lipinski definition) is 3. The molecule has 3 N–H and O–H groups in total. The molecule has 0 aromatic carbocycles. The summed E-state index contributed by atoms with van der Waals surface area (Å²) >= 11 is 0. The summed E-state index contributed by atoms with van der Waals surface area (Å²) in [5.74, 6) is -4.06. The maximum atomic E-state index is 11.5. The first kappa shape index (κ1) is 38.1. The van der Waals surface area contributed by atoms with Crippen LogP contribution in [0.5, 0.6) is 0 Å². The molecular formula is C33H62NO6+. The minimum atomic E-state index is -0.845. The maximum Gasteiger partial charge on any atom is 0.306 e. The third-order valence-electron chi connectivity index (χ3n) is 8.43. The van der Waals surface area contributed by atoms with Gasteiger partial charge in [0.2, 0.25) is 0 Å². The van der Waals surface area contributed by atoms with E-state index >= 15 is 0 Å². The van der Waals surface area contributed by atoms with Crippen molar-refractivity contribution in [3.05, 3.63) is 12.3 Å². The standard InChI is InChI=1S/C33H61NO6/c1-5-6-7-8-9-10-11-12-13-14-15-16-17-18-19-20-24-34(25-21-28(2)31(35)36,26-22-29(3)32(37)38)27-23-30(4)33(39)40/h20,24,28-30H,5-19,21-23,25-27H2,1-4H3,(H2-,35,36,37,38,39,40)/p+1/b24-20+. The van der Waals surface area contributed by atoms with Crippen molar-refractivity contribution in [1.82, 2.24) is 0 Å². The monoisotopic (exact) mass is 568 g/mol. The normalized spacial score (nSPS) is 15.5. The highest BCUT2D eigenvalue weighted by Crippen LogP contribution is 2.21. The number of quaternary nitrogens is 1. The van der Waals surface area contributed by atoms with Crippen LogP contribution in [0.1, 0.15) is 143 Å². The fourth-order valence-electron chi connectivity index (χ4n) is 5.04. The molecule has 0 aromatic heterocycles. The first-order chi connectivity index (χ1) is 19.0. The number of aliphatic carboxylic acids is 3. The molecule has 7 nitrogen and oxygen atoms in total. The zero-order valence-electron chi connectivity index (χ0n) is 26.2. The van der Waals surface area contributed by atoms with Gasteiger partial charge in [-0.25, -0.2) is 0 Å². The summed E-state index contributed by atoms with van der Waals surface area (Å²) in [6.45, 7) is 9.00. The molecule has 0 fully saturated rings. The van der Waals surface area contributed by atoms with Crippen LogP contribution in [-0.4, -0.2) is 57.3 Å². The maximum absolute atomic E-state index is 11.5. The van der Waals surface area contributed by atoms with Gasteiger partial charge in [-0.1, -0.05) is 111 Å². The molecule has 0 radical (unpaired) electrons. The molecule has 0 saturated carbocycles. The molecule has 0 saturated heterocycles. The number of carboxylic acids is 3. The Bertz CT molecular complexity index is 647. The van der Waals surface area contributed by atoms with E-state index < -0.39 is 35.7 Å². The van der Waals surface area contributed by atoms with Gasteiger partial charge >= 0.3 is 17.9 Å². The van der Waals surface area contributed by atoms with Crippen molar-refractivity contribution in [3.8, 4) is 0 Å². The lowest BCUT2D eigenvalue weighted by Crippen LogP contribution is -2.47. The largest absolute Gasteiger partial charge is 0.481 e. The second-order valence-electron chi connectivity index (χ2n) is 12.2. The van der Waals surface area contributed by atoms with E-state index in [1.807, 2.05) is 0 Å². The van der Waals surface area contributed by atoms with Crippen LogP contribution in [0.4, 0.5) is 0 Å². The molecule has 0 heterocycles. The van der Waals surface area contributed by atoms with Crippen LogP contribution in [0.2, 0.25) is 0 Å². The number of hydrogen-bond donors (Lipinski definition) is 3. The lowest BCUT2D eigenvalue weighted by molar-refractivity contribution is -0.881. The SMILES string of the molecule is CCCCCCCCCCCCCCCC/C=C/[N+](CCC(C)C(=O)O)(CCC(C)C(=O)O)CCC(C)C(=O)O. The van der Waals surface area contributed by atoms with Gasteiger partial charge in [0.25, 0.3) is 0 Å². The Kier molecular flexibility index (Phi) is 22.7. The van der Waals surface area contributed by atoms with Crippen molar-refractivity contribution in [3.63, 3.8) is 0 Å². The van der Waals surface area contributed by atoms with Crippen LogP contribution in [-0.2, 0) is 14.4 Å². The number of carbonyl (C=O) groups is 3. The summed E-state index contributed by atoms with van der Waals surface area (Å²) in [4.78, 5) is 34.4. The van der Waals surface area contributed by atoms with Gasteiger partial charge in [-0.05, 0) is 18.9 Å². The molecule has 40 heavy (non-hydrogen) atoms. The van der Waals surface area contributed by atoms with Gasteiger partial charge in [0.05, 0.1) is 43.6 Å². The van der Waals surface area contributed by atoms with E-state index in [1.54, 1.807) is 20.8 Å². The minimum absolute atomic E-state index is 0.436. The second-order valence-corrected chi connectivity index (χ2v) is 12.2. The van der Waals surface area contributed by atoms with Crippen LogP contribution in [0.15, 0.2) is 12.3 Å². The lowest BCUT2D eigenvalue weighted by Gasteiger charge is -2.37. The van der Waals surface area contributed by atoms with Gasteiger partial charge < -0.3 is 15.3 Å². The minimum Gasteiger partial charge on any atom is -0.481 e. The van der Waals surface area contributed by atoms with E-state index in [-0.39, 0.29) is 0 Å². The lowest BCUT2D eigenvalue weighted by atomic mass is 10.0. The third kappa shape index (κ3) is 20.1. The number of carboxylic acid groups (broad SMARTS) is 3. The number of nitrogens with zero attached hydrogens (tertiary/aromatic N) is 1. The van der Waals surface area contributed by atoms with Crippen molar-refractivity contribution < 1.29 is 34.2 Å². The van der Waals surface area contributed by atoms with Crippen molar-refractivity contribution >= 4 is 17.9 Å². The molecule has 234 valence electrons. The van der Waals surface area contributed by atoms with Crippen molar-refractivity contribution in [2.45, 2.75) is 143 Å². The van der Waals surface area contributed by atoms with Crippen molar-refractivity contribution in [1.29, 1.82) is 0 Å². The third-order valence-corrected chi connectivity index (χ3v) is 8.43. The predicted molar refractivity (Wildman–Crippen MR) is 163 cm³/mol. The molecule has 0 aliphatic rings. The first-order valence-electron chi connectivity index (χ1n) is 16.3. The van der Waals surface area contributed by atoms with Crippen LogP contribution in [0, 0.1) is 17.8 Å². The van der Waals surface area contributed by atoms with E-state index in [2.05, 4.69) is 19.2 Å². The highest BCUT2D eigenvalue weighted by atomic mass is 16.4. The fraction of sp³-hybridized carbons (Fsp3) is 0.848. The molecule has 0 aliphatic carbocycles. The van der Waals surface area contributed by atoms with E-state index in [9.17, 15) is 29.7 Å². The van der Waals surface area contributed by atoms with Gasteiger partial charge in [-0.3, -0.25) is 18.9 Å². The molecule has 0 amide bonds. The van der Waals surface area contributed by atoms with Crippen molar-refractivity contribution in [2.75, 3.05) is 19.6 Å². The topological polar surface area (TPSA) is 112 Å². The van der Waals surface area contributed by atoms with Gasteiger partial charge in [0.1, 0.15) is 0 Å². The molecule has 0 rings (SSSR count). The second kappa shape index (κ2) is 23.8. The molecule has 0 aliphatic heterocycles. The Labute approximate surface area is 245 Å². The summed E-state index contributed by atoms with van der Waals surface area (Å²) in [7, 11) is 0. The average Bonchev–Trinajstić information content (AvgIpc) is 2.92. The predicted octanol–water partition coefficient (Wildman–Crippen LogP) is 8.52. The average molecular weight is 569 g/mol. The Balaban J connectivity index is 4.73. The Morgan fingerprint density at radius 1 is 0.550 bits per heavy atom. The molecule has 0 spiro atoms. The molecule has 0 bridgehead atoms. The summed E-state index contributed by atoms with van der Waals surface area (Å²) in [6, 6.07) is 0. The first-order valence-corrected chi connectivity index (χ1v) is 16.3. The van der Waals surface area contributed by atoms with Crippen LogP contribution in [0.3, 0.4) is 0 Å². The van der Waals surface area contributed by atoms with Gasteiger partial charge in [0.15, 0.2) is 0 Å². The van der Waals surface area contributed by atoms with Gasteiger partial charge in [-0.15, -0.1) is 0 Å². The van der Waals surface area contributed by atoms with Crippen LogP contribution < -0.4 is 0 Å². The van der Waals surface area contributed by atoms with Crippen molar-refractivity contribution in [2.24, 2.45) is 17.8 Å². The van der Waals surface area contributed by atoms with E-state index in [1.165, 1.54) is 83.5 Å². The Hall–Kier alpha value is -1.89. The van der Waals surface area contributed by atoms with Crippen LogP contribution in [0.25, 0.3) is 0 Å². The molecule has 3 unspecified atom stereocenters. The zero-order valence-corrected chi connectivity index (χ0v) is 26.2. The number of rotatable bonds is 28. The summed E-state index contributed by atoms with van der Waals surface area (Å²) in [5, 5.41) is 28.2. The fourth-order valence-corrected chi connectivity index (χ4v) is 5.04. The smallest absolute Gasteiger partial charge is 0.306 e. The highest BCUT2D eigenvalue weighted by molar-refractivity contribution is 5.70. The molecule has 3 atom stereocenters. The number of unbranched alkanes of at least 4 members (excludes halogenated alkanes) is 14. The van der Waals surface area contributed by atoms with Gasteiger partial charge in [0, 0.05) is 19.3 Å². The summed E-state index contributed by atoms with van der Waals surface area (Å²) in [6.07, 6.45) is 25.0. The van der Waals surface area contributed by atoms with E-state index in [0.29, 0.717) is 43.4 Å². The highest BCUT2D eigenvalue weighted by Gasteiger charge is 2.30. The summed E-state index contributed by atoms with van der Waals surface area (Å²) in [5.41, 5.74) is 0. The van der Waals surface area contributed by atoms with E-state index in [4.69, 9.17) is 0 Å². The Morgan fingerprint density at radius 3 is 1.15 bits per heavy atom. The van der Waals surface area contributed by atoms with E-state index in [0.717, 1.165) is 12.8 Å². The Morgan fingerprint density at radius 2 is 0.850 bits per heavy atom. The van der Waals surface area contributed by atoms with Gasteiger partial charge in [-0.2, -0.15) is 0 Å². The molecule has 0 aromatic rings. The summed E-state index contributed by atoms with van der Waals surface area (Å²) < 4.78 is 0.436. The number of allylic oxidation sites excluding steroid dienone is 1. The quantitative estimate of drug-likeness (QED) is 0.0644. The van der Waals surface area contributed by atoms with Crippen LogP contribution >= 0.6 is 0 Å². The molecular weight excluding hydrogens is 506 g/mol. The zero-order chi connectivity index (χ0) is 30.2.